The van der Waals surface area contributed by atoms with Crippen LogP contribution in [-0.4, -0.2) is 31.8 Å². The summed E-state index contributed by atoms with van der Waals surface area (Å²) in [4.78, 5) is 4.71. The number of tetrazole rings is 1. The summed E-state index contributed by atoms with van der Waals surface area (Å²) in [5.41, 5.74) is 3.74. The lowest BCUT2D eigenvalue weighted by molar-refractivity contribution is 0.313. The fraction of sp³-hybridized carbons (Fsp3) is 0.280. The van der Waals surface area contributed by atoms with Gasteiger partial charge in [-0.2, -0.15) is 5.21 Å². The Morgan fingerprint density at radius 3 is 2.60 bits per heavy atom. The Bertz CT molecular complexity index is 1310. The minimum atomic E-state index is 0.322. The van der Waals surface area contributed by atoms with Gasteiger partial charge in [0.2, 0.25) is 5.82 Å². The number of halogens is 2. The Morgan fingerprint density at radius 2 is 1.86 bits per heavy atom. The molecule has 0 radical (unpaired) electrons. The molecule has 0 saturated heterocycles. The molecule has 1 aliphatic carbocycles. The minimum Gasteiger partial charge on any atom is -0.457 e. The third-order valence-electron chi connectivity index (χ3n) is 6.36. The highest BCUT2D eigenvalue weighted by Crippen LogP contribution is 2.40. The number of hydrogen-bond acceptors (Lipinski definition) is 7. The van der Waals surface area contributed by atoms with E-state index in [0.717, 1.165) is 35.2 Å². The number of nitrogens with one attached hydrogen (secondary N) is 1. The summed E-state index contributed by atoms with van der Waals surface area (Å²) in [6, 6.07) is 13.1. The van der Waals surface area contributed by atoms with E-state index < -0.39 is 0 Å². The second kappa shape index (κ2) is 10.2. The number of allylic oxidation sites excluding steroid dienone is 3. The number of aliphatic imine (C=N–C) groups is 1. The third kappa shape index (κ3) is 4.96. The normalized spacial score (nSPS) is 18.2. The van der Waals surface area contributed by atoms with Crippen molar-refractivity contribution in [1.82, 2.24) is 25.6 Å². The van der Waals surface area contributed by atoms with Gasteiger partial charge in [0.25, 0.3) is 0 Å². The van der Waals surface area contributed by atoms with Crippen LogP contribution in [0.1, 0.15) is 50.4 Å². The molecule has 2 aromatic carbocycles. The zero-order valence-corrected chi connectivity index (χ0v) is 20.7. The van der Waals surface area contributed by atoms with Gasteiger partial charge in [-0.05, 0) is 54.8 Å². The molecule has 3 N–H and O–H groups in total. The Labute approximate surface area is 213 Å². The summed E-state index contributed by atoms with van der Waals surface area (Å²) in [5.74, 6) is 9.43. The summed E-state index contributed by atoms with van der Waals surface area (Å²) < 4.78 is 6.07. The van der Waals surface area contributed by atoms with Crippen LogP contribution in [0.2, 0.25) is 10.0 Å². The van der Waals surface area contributed by atoms with Crippen LogP contribution >= 0.6 is 23.2 Å². The van der Waals surface area contributed by atoms with Crippen LogP contribution in [0.4, 0.5) is 0 Å². The molecule has 0 amide bonds. The van der Waals surface area contributed by atoms with Crippen LogP contribution in [0, 0.1) is 5.92 Å². The lowest BCUT2D eigenvalue weighted by Gasteiger charge is -2.35. The topological polar surface area (TPSA) is 105 Å². The average Bonchev–Trinajstić information content (AvgIpc) is 3.42. The molecule has 0 bridgehead atoms. The van der Waals surface area contributed by atoms with Gasteiger partial charge in [0, 0.05) is 35.0 Å². The van der Waals surface area contributed by atoms with E-state index in [0.29, 0.717) is 39.1 Å². The number of ether oxygens (including phenoxy) is 1. The van der Waals surface area contributed by atoms with Crippen molar-refractivity contribution in [1.29, 1.82) is 0 Å². The first kappa shape index (κ1) is 23.5. The lowest BCUT2D eigenvalue weighted by atomic mass is 9.83. The molecule has 2 aliphatic rings. The molecule has 1 saturated carbocycles. The third-order valence-corrected chi connectivity index (χ3v) is 7.10. The molecule has 180 valence electrons. The number of aromatic nitrogens is 4. The Hall–Kier alpha value is -3.20. The second-order valence-corrected chi connectivity index (χ2v) is 9.47. The van der Waals surface area contributed by atoms with Crippen LogP contribution in [0.25, 0.3) is 11.1 Å². The van der Waals surface area contributed by atoms with Crippen molar-refractivity contribution in [2.45, 2.75) is 39.0 Å². The van der Waals surface area contributed by atoms with Crippen LogP contribution < -0.4 is 10.6 Å². The molecule has 1 fully saturated rings. The maximum atomic E-state index is 6.74. The minimum absolute atomic E-state index is 0.322. The Morgan fingerprint density at radius 1 is 1.06 bits per heavy atom. The zero-order chi connectivity index (χ0) is 24.4. The van der Waals surface area contributed by atoms with E-state index >= 15 is 0 Å². The quantitative estimate of drug-likeness (QED) is 0.394. The Balaban J connectivity index is 1.54. The summed E-state index contributed by atoms with van der Waals surface area (Å²) in [7, 11) is 0. The maximum Gasteiger partial charge on any atom is 0.204 e. The zero-order valence-electron chi connectivity index (χ0n) is 19.2. The molecule has 0 unspecified atom stereocenters. The highest BCUT2D eigenvalue weighted by Gasteiger charge is 2.30. The molecular weight excluding hydrogens is 485 g/mol. The van der Waals surface area contributed by atoms with Crippen LogP contribution in [-0.2, 0) is 0 Å². The first-order valence-electron chi connectivity index (χ1n) is 11.5. The monoisotopic (exact) mass is 509 g/mol. The molecule has 3 aromatic rings. The average molecular weight is 510 g/mol. The van der Waals surface area contributed by atoms with E-state index in [4.69, 9.17) is 38.8 Å². The van der Waals surface area contributed by atoms with Gasteiger partial charge < -0.3 is 4.74 Å². The van der Waals surface area contributed by atoms with Crippen molar-refractivity contribution < 1.29 is 4.74 Å². The molecule has 0 spiro atoms. The second-order valence-electron chi connectivity index (χ2n) is 8.65. The number of benzene rings is 2. The van der Waals surface area contributed by atoms with E-state index in [1.54, 1.807) is 23.2 Å². The van der Waals surface area contributed by atoms with Gasteiger partial charge in [-0.3, -0.25) is 5.01 Å². The van der Waals surface area contributed by atoms with E-state index in [-0.39, 0.29) is 0 Å². The largest absolute Gasteiger partial charge is 0.457 e. The molecular formula is C25H25Cl2N7O. The van der Waals surface area contributed by atoms with Gasteiger partial charge in [-0.1, -0.05) is 54.6 Å². The predicted molar refractivity (Wildman–Crippen MR) is 138 cm³/mol. The molecule has 0 atom stereocenters. The smallest absolute Gasteiger partial charge is 0.204 e. The number of hydrazine groups is 1. The van der Waals surface area contributed by atoms with Crippen molar-refractivity contribution in [2.75, 3.05) is 0 Å². The van der Waals surface area contributed by atoms with Gasteiger partial charge in [-0.25, -0.2) is 10.8 Å². The predicted octanol–water partition coefficient (Wildman–Crippen LogP) is 6.24. The molecule has 5 rings (SSSR count). The SMILES string of the molecule is C/C(=C1/N=CC(c2cccc(Oc3ccc(Cl)c(Cl)c3)c2)=C(C2CCCCC2)N1N)c1nn[nH]n1. The van der Waals surface area contributed by atoms with Gasteiger partial charge in [-0.15, -0.1) is 10.2 Å². The summed E-state index contributed by atoms with van der Waals surface area (Å²) >= 11 is 12.2. The maximum absolute atomic E-state index is 6.74. The number of hydrogen-bond donors (Lipinski definition) is 2. The van der Waals surface area contributed by atoms with Crippen molar-refractivity contribution in [3.05, 3.63) is 75.4 Å². The van der Waals surface area contributed by atoms with Crippen molar-refractivity contribution in [2.24, 2.45) is 16.8 Å². The number of nitrogens with zero attached hydrogens (tertiary/aromatic N) is 5. The molecule has 1 aliphatic heterocycles. The molecule has 1 aromatic heterocycles. The standard InChI is InChI=1S/C25H25Cl2N7O/c1-15(24-30-32-33-31-24)25-29-14-20(23(34(25)28)16-6-3-2-4-7-16)17-8-5-9-18(12-17)35-19-10-11-21(26)22(27)13-19/h5,8-14,16H,2-4,6-7,28H2,1H3,(H,30,31,32,33)/b25-15+. The van der Waals surface area contributed by atoms with Crippen LogP contribution in [0.15, 0.2) is 59.0 Å². The lowest BCUT2D eigenvalue weighted by Crippen LogP contribution is -2.37. The molecule has 35 heavy (non-hydrogen) atoms. The van der Waals surface area contributed by atoms with E-state index in [1.165, 1.54) is 19.3 Å². The number of nitrogens with two attached hydrogens (primary N) is 1. The summed E-state index contributed by atoms with van der Waals surface area (Å²) in [6.07, 6.45) is 7.63. The first-order chi connectivity index (χ1) is 17.0. The number of aromatic amines is 1. The fourth-order valence-electron chi connectivity index (χ4n) is 4.61. The highest BCUT2D eigenvalue weighted by atomic mass is 35.5. The summed E-state index contributed by atoms with van der Waals surface area (Å²) in [5, 5.41) is 17.0. The van der Waals surface area contributed by atoms with Crippen LogP contribution in [0.3, 0.4) is 0 Å². The molecule has 10 heteroatoms. The molecule has 2 heterocycles. The van der Waals surface area contributed by atoms with E-state index in [9.17, 15) is 0 Å². The van der Waals surface area contributed by atoms with Gasteiger partial charge in [0.1, 0.15) is 11.5 Å². The number of rotatable bonds is 5. The van der Waals surface area contributed by atoms with E-state index in [2.05, 4.69) is 20.6 Å². The van der Waals surface area contributed by atoms with Gasteiger partial charge in [0.15, 0.2) is 5.82 Å². The Kier molecular flexibility index (Phi) is 6.86. The van der Waals surface area contributed by atoms with Crippen LogP contribution in [0.5, 0.6) is 11.5 Å². The fourth-order valence-corrected chi connectivity index (χ4v) is 4.90. The van der Waals surface area contributed by atoms with Crippen molar-refractivity contribution in [3.63, 3.8) is 0 Å². The highest BCUT2D eigenvalue weighted by molar-refractivity contribution is 6.42. The number of H-pyrrole nitrogens is 1. The van der Waals surface area contributed by atoms with Gasteiger partial charge in [0.05, 0.1) is 10.0 Å². The first-order valence-corrected chi connectivity index (χ1v) is 12.3. The van der Waals surface area contributed by atoms with Crippen molar-refractivity contribution >= 4 is 40.6 Å². The molecule has 8 nitrogen and oxygen atoms in total. The summed E-state index contributed by atoms with van der Waals surface area (Å²) in [6.45, 7) is 1.90. The van der Waals surface area contributed by atoms with Crippen molar-refractivity contribution in [3.8, 4) is 11.5 Å². The van der Waals surface area contributed by atoms with E-state index in [1.807, 2.05) is 37.4 Å². The van der Waals surface area contributed by atoms with Gasteiger partial charge >= 0.3 is 0 Å².